The summed E-state index contributed by atoms with van der Waals surface area (Å²) >= 11 is 0. The lowest BCUT2D eigenvalue weighted by Gasteiger charge is -2.28. The summed E-state index contributed by atoms with van der Waals surface area (Å²) in [6.45, 7) is 0. The van der Waals surface area contributed by atoms with Crippen molar-refractivity contribution in [1.82, 2.24) is 4.98 Å². The third-order valence-corrected chi connectivity index (χ3v) is 8.72. The number of hydrogen-bond acceptors (Lipinski definition) is 4. The van der Waals surface area contributed by atoms with Gasteiger partial charge in [0.25, 0.3) is 0 Å². The molecule has 0 aliphatic heterocycles. The zero-order valence-corrected chi connectivity index (χ0v) is 25.4. The number of aromatic nitrogens is 1. The zero-order valence-electron chi connectivity index (χ0n) is 25.4. The van der Waals surface area contributed by atoms with Gasteiger partial charge in [0.1, 0.15) is 16.7 Å². The Bertz CT molecular complexity index is 2500. The van der Waals surface area contributed by atoms with Gasteiger partial charge >= 0.3 is 0 Å². The predicted molar refractivity (Wildman–Crippen MR) is 192 cm³/mol. The molecule has 4 nitrogen and oxygen atoms in total. The third-order valence-electron chi connectivity index (χ3n) is 8.72. The maximum Gasteiger partial charge on any atom is 0.227 e. The smallest absolute Gasteiger partial charge is 0.227 e. The van der Waals surface area contributed by atoms with Gasteiger partial charge in [-0.3, -0.25) is 0 Å². The molecule has 7 aromatic carbocycles. The maximum atomic E-state index is 6.38. The van der Waals surface area contributed by atoms with Crippen molar-refractivity contribution >= 4 is 50.1 Å². The first-order chi connectivity index (χ1) is 23.3. The van der Waals surface area contributed by atoms with E-state index in [-0.39, 0.29) is 0 Å². The van der Waals surface area contributed by atoms with Crippen molar-refractivity contribution in [3.8, 4) is 33.7 Å². The van der Waals surface area contributed by atoms with Crippen molar-refractivity contribution in [2.24, 2.45) is 0 Å². The van der Waals surface area contributed by atoms with Crippen LogP contribution in [0.25, 0.3) is 66.7 Å². The van der Waals surface area contributed by atoms with Gasteiger partial charge < -0.3 is 13.7 Å². The van der Waals surface area contributed by atoms with E-state index in [4.69, 9.17) is 13.8 Å². The van der Waals surface area contributed by atoms with Gasteiger partial charge in [-0.2, -0.15) is 0 Å². The Kier molecular flexibility index (Phi) is 6.43. The molecular formula is C43H28N2O2. The number of fused-ring (bicyclic) bond motifs is 5. The summed E-state index contributed by atoms with van der Waals surface area (Å²) in [6, 6.07) is 58.7. The van der Waals surface area contributed by atoms with Gasteiger partial charge in [0, 0.05) is 27.9 Å². The average molecular weight is 605 g/mol. The van der Waals surface area contributed by atoms with Crippen LogP contribution >= 0.6 is 0 Å². The Morgan fingerprint density at radius 2 is 1.00 bits per heavy atom. The summed E-state index contributed by atoms with van der Waals surface area (Å²) < 4.78 is 12.6. The standard InChI is InChI=1S/C43H28N2O2/c1-4-12-29(13-5-1)30-20-22-33(23-21-30)45(37-19-11-10-18-35(37)31-14-6-2-7-15-31)34-24-25-38-36(28-34)41-39(46-38)26-27-40-42(41)44-43(47-40)32-16-8-3-9-17-32/h1-28H. The van der Waals surface area contributed by atoms with Crippen LogP contribution in [0.5, 0.6) is 0 Å². The largest absolute Gasteiger partial charge is 0.456 e. The van der Waals surface area contributed by atoms with E-state index in [1.807, 2.05) is 48.5 Å². The molecule has 0 radical (unpaired) electrons. The van der Waals surface area contributed by atoms with Crippen LogP contribution in [0, 0.1) is 0 Å². The van der Waals surface area contributed by atoms with E-state index >= 15 is 0 Å². The lowest BCUT2D eigenvalue weighted by molar-refractivity contribution is 0.619. The van der Waals surface area contributed by atoms with Gasteiger partial charge in [-0.15, -0.1) is 0 Å². The Hall–Kier alpha value is -6.39. The molecule has 4 heteroatoms. The third kappa shape index (κ3) is 4.75. The topological polar surface area (TPSA) is 42.4 Å². The van der Waals surface area contributed by atoms with Gasteiger partial charge in [-0.1, -0.05) is 109 Å². The first kappa shape index (κ1) is 27.0. The van der Waals surface area contributed by atoms with Gasteiger partial charge in [0.2, 0.25) is 5.89 Å². The molecule has 0 saturated heterocycles. The van der Waals surface area contributed by atoms with Crippen LogP contribution in [-0.4, -0.2) is 4.98 Å². The van der Waals surface area contributed by atoms with Gasteiger partial charge in [0.15, 0.2) is 5.58 Å². The maximum absolute atomic E-state index is 6.38. The van der Waals surface area contributed by atoms with Gasteiger partial charge in [-0.05, 0) is 77.4 Å². The predicted octanol–water partition coefficient (Wildman–Crippen LogP) is 12.2. The SMILES string of the molecule is c1ccc(-c2ccc(N(c3ccc4oc5ccc6oc(-c7ccccc7)nc6c5c4c3)c3ccccc3-c3ccccc3)cc2)cc1. The highest BCUT2D eigenvalue weighted by molar-refractivity contribution is 6.17. The summed E-state index contributed by atoms with van der Waals surface area (Å²) in [6.07, 6.45) is 0. The molecule has 47 heavy (non-hydrogen) atoms. The van der Waals surface area contributed by atoms with Crippen LogP contribution in [0.4, 0.5) is 17.1 Å². The highest BCUT2D eigenvalue weighted by Crippen LogP contribution is 2.44. The fourth-order valence-electron chi connectivity index (χ4n) is 6.48. The van der Waals surface area contributed by atoms with E-state index in [2.05, 4.69) is 126 Å². The van der Waals surface area contributed by atoms with E-state index in [9.17, 15) is 0 Å². The normalized spacial score (nSPS) is 11.4. The number of oxazole rings is 1. The molecule has 2 heterocycles. The number of nitrogens with zero attached hydrogens (tertiary/aromatic N) is 2. The molecule has 0 atom stereocenters. The monoisotopic (exact) mass is 604 g/mol. The van der Waals surface area contributed by atoms with Crippen LogP contribution < -0.4 is 4.90 Å². The molecule has 0 saturated carbocycles. The second-order valence-corrected chi connectivity index (χ2v) is 11.6. The van der Waals surface area contributed by atoms with Gasteiger partial charge in [0.05, 0.1) is 11.1 Å². The molecule has 0 N–H and O–H groups in total. The molecule has 0 unspecified atom stereocenters. The van der Waals surface area contributed by atoms with E-state index in [0.717, 1.165) is 66.8 Å². The molecule has 0 amide bonds. The molecule has 0 aliphatic rings. The molecule has 9 aromatic rings. The summed E-state index contributed by atoms with van der Waals surface area (Å²) in [5, 5.41) is 1.93. The van der Waals surface area contributed by atoms with Crippen molar-refractivity contribution in [2.45, 2.75) is 0 Å². The Labute approximate surface area is 271 Å². The van der Waals surface area contributed by atoms with Crippen LogP contribution in [0.1, 0.15) is 0 Å². The van der Waals surface area contributed by atoms with E-state index in [0.29, 0.717) is 5.89 Å². The molecule has 0 spiro atoms. The van der Waals surface area contributed by atoms with Crippen LogP contribution in [0.2, 0.25) is 0 Å². The Balaban J connectivity index is 1.25. The minimum absolute atomic E-state index is 0.593. The lowest BCUT2D eigenvalue weighted by Crippen LogP contribution is -2.11. The minimum atomic E-state index is 0.593. The lowest BCUT2D eigenvalue weighted by atomic mass is 10.0. The fourth-order valence-corrected chi connectivity index (χ4v) is 6.48. The summed E-state index contributed by atoms with van der Waals surface area (Å²) in [4.78, 5) is 7.30. The van der Waals surface area contributed by atoms with Crippen LogP contribution in [0.15, 0.2) is 179 Å². The first-order valence-corrected chi connectivity index (χ1v) is 15.7. The molecule has 0 aliphatic carbocycles. The van der Waals surface area contributed by atoms with Crippen molar-refractivity contribution in [3.05, 3.63) is 170 Å². The van der Waals surface area contributed by atoms with E-state index < -0.39 is 0 Å². The molecule has 2 aromatic heterocycles. The van der Waals surface area contributed by atoms with Crippen molar-refractivity contribution in [2.75, 3.05) is 4.90 Å². The van der Waals surface area contributed by atoms with Crippen molar-refractivity contribution < 1.29 is 8.83 Å². The highest BCUT2D eigenvalue weighted by atomic mass is 16.4. The second-order valence-electron chi connectivity index (χ2n) is 11.6. The number of anilines is 3. The van der Waals surface area contributed by atoms with Crippen LogP contribution in [-0.2, 0) is 0 Å². The second kappa shape index (κ2) is 11.2. The van der Waals surface area contributed by atoms with Crippen molar-refractivity contribution in [3.63, 3.8) is 0 Å². The zero-order chi connectivity index (χ0) is 31.2. The van der Waals surface area contributed by atoms with E-state index in [1.54, 1.807) is 0 Å². The van der Waals surface area contributed by atoms with Crippen molar-refractivity contribution in [1.29, 1.82) is 0 Å². The summed E-state index contributed by atoms with van der Waals surface area (Å²) in [5.41, 5.74) is 11.8. The Morgan fingerprint density at radius 3 is 1.74 bits per heavy atom. The average Bonchev–Trinajstić information content (AvgIpc) is 3.75. The molecular weight excluding hydrogens is 576 g/mol. The minimum Gasteiger partial charge on any atom is -0.456 e. The number of hydrogen-bond donors (Lipinski definition) is 0. The fraction of sp³-hybridized carbons (Fsp3) is 0. The number of benzene rings is 7. The Morgan fingerprint density at radius 1 is 0.426 bits per heavy atom. The molecule has 9 rings (SSSR count). The van der Waals surface area contributed by atoms with E-state index in [1.165, 1.54) is 11.1 Å². The van der Waals surface area contributed by atoms with Gasteiger partial charge in [-0.25, -0.2) is 4.98 Å². The molecule has 222 valence electrons. The summed E-state index contributed by atoms with van der Waals surface area (Å²) in [7, 11) is 0. The number of rotatable bonds is 6. The number of furan rings is 1. The van der Waals surface area contributed by atoms with Crippen LogP contribution in [0.3, 0.4) is 0 Å². The quantitative estimate of drug-likeness (QED) is 0.189. The highest BCUT2D eigenvalue weighted by Gasteiger charge is 2.21. The first-order valence-electron chi connectivity index (χ1n) is 15.7. The summed E-state index contributed by atoms with van der Waals surface area (Å²) in [5.74, 6) is 0.593. The molecule has 0 bridgehead atoms. The number of para-hydroxylation sites is 1. The molecule has 0 fully saturated rings.